The molecule has 0 radical (unpaired) electrons. The molecule has 2 atom stereocenters. The zero-order chi connectivity index (χ0) is 13.4. The van der Waals surface area contributed by atoms with E-state index in [1.54, 1.807) is 7.11 Å². The topological polar surface area (TPSA) is 27.7 Å². The van der Waals surface area contributed by atoms with Crippen LogP contribution in [0.2, 0.25) is 0 Å². The summed E-state index contributed by atoms with van der Waals surface area (Å²) in [5, 5.41) is 3.53. The molecule has 1 saturated heterocycles. The zero-order valence-corrected chi connectivity index (χ0v) is 12.6. The molecular formula is C14H31N3O. The second-order valence-corrected chi connectivity index (χ2v) is 5.52. The summed E-state index contributed by atoms with van der Waals surface area (Å²) in [4.78, 5) is 5.06. The number of methoxy groups -OCH3 is 1. The standard InChI is InChI=1S/C14H31N3O/c1-5-7-15-10-14(12-18-4)17-9-6-8-16(3)11-13(17)2/h13-15H,5-12H2,1-4H3. The minimum absolute atomic E-state index is 0.503. The van der Waals surface area contributed by atoms with Gasteiger partial charge in [-0.1, -0.05) is 6.92 Å². The van der Waals surface area contributed by atoms with Gasteiger partial charge in [-0.2, -0.15) is 0 Å². The first-order valence-corrected chi connectivity index (χ1v) is 7.33. The minimum atomic E-state index is 0.503. The second kappa shape index (κ2) is 8.86. The minimum Gasteiger partial charge on any atom is -0.383 e. The van der Waals surface area contributed by atoms with Crippen molar-refractivity contribution >= 4 is 0 Å². The van der Waals surface area contributed by atoms with Gasteiger partial charge in [0.15, 0.2) is 0 Å². The fourth-order valence-electron chi connectivity index (χ4n) is 2.84. The number of likely N-dealkylation sites (N-methyl/N-ethyl adjacent to an activating group) is 1. The molecular weight excluding hydrogens is 226 g/mol. The van der Waals surface area contributed by atoms with Crippen LogP contribution in [0.5, 0.6) is 0 Å². The molecule has 4 nitrogen and oxygen atoms in total. The Balaban J connectivity index is 2.52. The fraction of sp³-hybridized carbons (Fsp3) is 1.00. The van der Waals surface area contributed by atoms with Crippen molar-refractivity contribution in [2.75, 3.05) is 53.5 Å². The van der Waals surface area contributed by atoms with Crippen molar-refractivity contribution in [1.29, 1.82) is 0 Å². The SMILES string of the molecule is CCCNCC(COC)N1CCCN(C)CC1C. The monoisotopic (exact) mass is 257 g/mol. The first-order chi connectivity index (χ1) is 8.69. The van der Waals surface area contributed by atoms with Gasteiger partial charge >= 0.3 is 0 Å². The first-order valence-electron chi connectivity index (χ1n) is 7.33. The number of rotatable bonds is 7. The highest BCUT2D eigenvalue weighted by Crippen LogP contribution is 2.12. The molecule has 0 saturated carbocycles. The molecule has 2 unspecified atom stereocenters. The summed E-state index contributed by atoms with van der Waals surface area (Å²) in [6.07, 6.45) is 2.45. The molecule has 4 heteroatoms. The molecule has 1 aliphatic heterocycles. The number of hydrogen-bond acceptors (Lipinski definition) is 4. The highest BCUT2D eigenvalue weighted by Gasteiger charge is 2.26. The molecule has 0 spiro atoms. The van der Waals surface area contributed by atoms with Crippen molar-refractivity contribution in [3.05, 3.63) is 0 Å². The van der Waals surface area contributed by atoms with Crippen LogP contribution in [-0.4, -0.2) is 75.4 Å². The van der Waals surface area contributed by atoms with Crippen molar-refractivity contribution in [1.82, 2.24) is 15.1 Å². The van der Waals surface area contributed by atoms with Crippen LogP contribution < -0.4 is 5.32 Å². The van der Waals surface area contributed by atoms with Crippen molar-refractivity contribution in [3.63, 3.8) is 0 Å². The van der Waals surface area contributed by atoms with E-state index < -0.39 is 0 Å². The van der Waals surface area contributed by atoms with Crippen LogP contribution in [0.15, 0.2) is 0 Å². The van der Waals surface area contributed by atoms with Gasteiger partial charge in [0.1, 0.15) is 0 Å². The van der Waals surface area contributed by atoms with Gasteiger partial charge in [0, 0.05) is 38.8 Å². The predicted molar refractivity (Wildman–Crippen MR) is 77.1 cm³/mol. The van der Waals surface area contributed by atoms with Crippen LogP contribution in [0.3, 0.4) is 0 Å². The molecule has 0 aromatic heterocycles. The summed E-state index contributed by atoms with van der Waals surface area (Å²) in [6, 6.07) is 1.11. The van der Waals surface area contributed by atoms with E-state index in [0.717, 1.165) is 26.2 Å². The van der Waals surface area contributed by atoms with Crippen molar-refractivity contribution in [2.24, 2.45) is 0 Å². The Hall–Kier alpha value is -0.160. The Labute approximate surface area is 113 Å². The van der Waals surface area contributed by atoms with Crippen molar-refractivity contribution in [3.8, 4) is 0 Å². The van der Waals surface area contributed by atoms with Gasteiger partial charge in [-0.05, 0) is 39.9 Å². The van der Waals surface area contributed by atoms with E-state index in [1.165, 1.54) is 25.9 Å². The molecule has 18 heavy (non-hydrogen) atoms. The maximum absolute atomic E-state index is 5.41. The van der Waals surface area contributed by atoms with Gasteiger partial charge in [0.2, 0.25) is 0 Å². The maximum atomic E-state index is 5.41. The van der Waals surface area contributed by atoms with E-state index in [2.05, 4.69) is 36.0 Å². The van der Waals surface area contributed by atoms with E-state index >= 15 is 0 Å². The number of nitrogens with one attached hydrogen (secondary N) is 1. The zero-order valence-electron chi connectivity index (χ0n) is 12.6. The molecule has 0 aromatic carbocycles. The van der Waals surface area contributed by atoms with Gasteiger partial charge in [0.25, 0.3) is 0 Å². The molecule has 108 valence electrons. The number of hydrogen-bond donors (Lipinski definition) is 1. The Morgan fingerprint density at radius 2 is 2.17 bits per heavy atom. The summed E-state index contributed by atoms with van der Waals surface area (Å²) < 4.78 is 5.41. The summed E-state index contributed by atoms with van der Waals surface area (Å²) in [7, 11) is 4.03. The van der Waals surface area contributed by atoms with E-state index in [9.17, 15) is 0 Å². The lowest BCUT2D eigenvalue weighted by atomic mass is 10.1. The lowest BCUT2D eigenvalue weighted by molar-refractivity contribution is 0.0662. The third-order valence-corrected chi connectivity index (χ3v) is 3.73. The average Bonchev–Trinajstić information content (AvgIpc) is 2.49. The van der Waals surface area contributed by atoms with Gasteiger partial charge < -0.3 is 15.0 Å². The van der Waals surface area contributed by atoms with Gasteiger partial charge in [-0.15, -0.1) is 0 Å². The molecule has 1 aliphatic rings. The molecule has 1 fully saturated rings. The van der Waals surface area contributed by atoms with E-state index in [4.69, 9.17) is 4.74 Å². The lowest BCUT2D eigenvalue weighted by Crippen LogP contribution is -2.50. The Kier molecular flexibility index (Phi) is 7.82. The molecule has 0 aliphatic carbocycles. The molecule has 0 aromatic rings. The molecule has 1 heterocycles. The highest BCUT2D eigenvalue weighted by molar-refractivity contribution is 4.82. The van der Waals surface area contributed by atoms with E-state index in [-0.39, 0.29) is 0 Å². The third kappa shape index (κ3) is 5.22. The molecule has 1 N–H and O–H groups in total. The molecule has 0 amide bonds. The van der Waals surface area contributed by atoms with Gasteiger partial charge in [-0.25, -0.2) is 0 Å². The molecule has 0 bridgehead atoms. The predicted octanol–water partition coefficient (Wildman–Crippen LogP) is 1.03. The van der Waals surface area contributed by atoms with Crippen LogP contribution in [0.1, 0.15) is 26.7 Å². The van der Waals surface area contributed by atoms with Crippen LogP contribution in [0.25, 0.3) is 0 Å². The summed E-state index contributed by atoms with van der Waals surface area (Å²) in [6.45, 7) is 11.1. The third-order valence-electron chi connectivity index (χ3n) is 3.73. The maximum Gasteiger partial charge on any atom is 0.0630 e. The quantitative estimate of drug-likeness (QED) is 0.689. The summed E-state index contributed by atoms with van der Waals surface area (Å²) in [5.74, 6) is 0. The average molecular weight is 257 g/mol. The van der Waals surface area contributed by atoms with E-state index in [0.29, 0.717) is 12.1 Å². The highest BCUT2D eigenvalue weighted by atomic mass is 16.5. The summed E-state index contributed by atoms with van der Waals surface area (Å²) >= 11 is 0. The largest absolute Gasteiger partial charge is 0.383 e. The smallest absolute Gasteiger partial charge is 0.0630 e. The number of nitrogens with zero attached hydrogens (tertiary/aromatic N) is 2. The van der Waals surface area contributed by atoms with Crippen LogP contribution in [0.4, 0.5) is 0 Å². The Bertz CT molecular complexity index is 213. The van der Waals surface area contributed by atoms with Gasteiger partial charge in [-0.3, -0.25) is 4.90 Å². The van der Waals surface area contributed by atoms with Crippen molar-refractivity contribution < 1.29 is 4.74 Å². The van der Waals surface area contributed by atoms with Gasteiger partial charge in [0.05, 0.1) is 6.61 Å². The first kappa shape index (κ1) is 15.9. The van der Waals surface area contributed by atoms with Crippen LogP contribution in [0, 0.1) is 0 Å². The van der Waals surface area contributed by atoms with E-state index in [1.807, 2.05) is 0 Å². The second-order valence-electron chi connectivity index (χ2n) is 5.52. The fourth-order valence-corrected chi connectivity index (χ4v) is 2.84. The summed E-state index contributed by atoms with van der Waals surface area (Å²) in [5.41, 5.74) is 0. The Morgan fingerprint density at radius 1 is 1.39 bits per heavy atom. The van der Waals surface area contributed by atoms with Crippen molar-refractivity contribution in [2.45, 2.75) is 38.8 Å². The number of ether oxygens (including phenoxy) is 1. The van der Waals surface area contributed by atoms with Crippen LogP contribution >= 0.6 is 0 Å². The molecule has 1 rings (SSSR count). The normalized spacial score (nSPS) is 25.0. The Morgan fingerprint density at radius 3 is 2.83 bits per heavy atom. The van der Waals surface area contributed by atoms with Crippen LogP contribution in [-0.2, 0) is 4.74 Å². The lowest BCUT2D eigenvalue weighted by Gasteiger charge is -2.35.